The number of Topliss-reactive ketones (excluding diaryl/α,β-unsaturated/α-hetero) is 1. The third-order valence-electron chi connectivity index (χ3n) is 2.39. The molecule has 2 nitrogen and oxygen atoms in total. The van der Waals surface area contributed by atoms with Crippen molar-refractivity contribution in [1.82, 2.24) is 0 Å². The zero-order chi connectivity index (χ0) is 13.0. The Hall–Kier alpha value is -0.480. The van der Waals surface area contributed by atoms with Crippen LogP contribution in [0.4, 0.5) is 0 Å². The Morgan fingerprint density at radius 3 is 2.24 bits per heavy atom. The fourth-order valence-electron chi connectivity index (χ4n) is 1.44. The highest BCUT2D eigenvalue weighted by Gasteiger charge is 2.21. The molecule has 0 saturated carbocycles. The average Bonchev–Trinajstić information content (AvgIpc) is 2.27. The Bertz CT molecular complexity index is 412. The molecule has 0 bridgehead atoms. The Kier molecular flexibility index (Phi) is 5.53. The molecule has 0 radical (unpaired) electrons. The lowest BCUT2D eigenvalue weighted by Gasteiger charge is -2.12. The van der Waals surface area contributed by atoms with Crippen LogP contribution in [0.15, 0.2) is 28.7 Å². The van der Waals surface area contributed by atoms with Gasteiger partial charge in [0.05, 0.1) is 5.25 Å². The van der Waals surface area contributed by atoms with Crippen LogP contribution in [-0.4, -0.2) is 21.0 Å². The minimum atomic E-state index is -1.09. The van der Waals surface area contributed by atoms with Crippen molar-refractivity contribution in [1.29, 1.82) is 0 Å². The van der Waals surface area contributed by atoms with Crippen molar-refractivity contribution in [3.05, 3.63) is 34.3 Å². The molecule has 0 spiro atoms. The minimum Gasteiger partial charge on any atom is -0.293 e. The van der Waals surface area contributed by atoms with Gasteiger partial charge in [0.25, 0.3) is 0 Å². The van der Waals surface area contributed by atoms with E-state index in [2.05, 4.69) is 15.9 Å². The van der Waals surface area contributed by atoms with Crippen LogP contribution in [0.5, 0.6) is 0 Å². The van der Waals surface area contributed by atoms with Crippen LogP contribution in [0.25, 0.3) is 0 Å². The number of carbonyl (C=O) groups excluding carboxylic acids is 1. The molecule has 0 heterocycles. The van der Waals surface area contributed by atoms with Gasteiger partial charge in [-0.3, -0.25) is 9.00 Å². The molecule has 17 heavy (non-hydrogen) atoms. The van der Waals surface area contributed by atoms with Crippen LogP contribution < -0.4 is 0 Å². The molecular weight excluding hydrogens is 300 g/mol. The first-order valence-corrected chi connectivity index (χ1v) is 7.76. The Labute approximate surface area is 113 Å². The molecular formula is C13H17BrO2S. The summed E-state index contributed by atoms with van der Waals surface area (Å²) < 4.78 is 12.9. The molecule has 0 N–H and O–H groups in total. The molecule has 0 amide bonds. The molecule has 1 rings (SSSR count). The van der Waals surface area contributed by atoms with E-state index in [4.69, 9.17) is 0 Å². The standard InChI is InChI=1S/C13H17BrO2S/c1-9(2)8-17(16)10(3)13(15)11-4-6-12(14)7-5-11/h4-7,9-10H,8H2,1-3H3. The summed E-state index contributed by atoms with van der Waals surface area (Å²) >= 11 is 3.32. The summed E-state index contributed by atoms with van der Waals surface area (Å²) in [5.74, 6) is 0.871. The van der Waals surface area contributed by atoms with Crippen molar-refractivity contribution in [2.75, 3.05) is 5.75 Å². The first kappa shape index (κ1) is 14.6. The Morgan fingerprint density at radius 2 is 1.76 bits per heavy atom. The van der Waals surface area contributed by atoms with Gasteiger partial charge >= 0.3 is 0 Å². The van der Waals surface area contributed by atoms with Crippen LogP contribution in [0.1, 0.15) is 31.1 Å². The second-order valence-corrected chi connectivity index (χ2v) is 7.17. The topological polar surface area (TPSA) is 34.1 Å². The number of benzene rings is 1. The molecule has 0 saturated heterocycles. The zero-order valence-electron chi connectivity index (χ0n) is 10.3. The molecule has 2 atom stereocenters. The van der Waals surface area contributed by atoms with Crippen molar-refractivity contribution in [3.8, 4) is 0 Å². The van der Waals surface area contributed by atoms with Gasteiger partial charge in [0.15, 0.2) is 5.78 Å². The van der Waals surface area contributed by atoms with E-state index in [1.54, 1.807) is 19.1 Å². The predicted molar refractivity (Wildman–Crippen MR) is 75.8 cm³/mol. The highest BCUT2D eigenvalue weighted by molar-refractivity contribution is 9.10. The first-order chi connectivity index (χ1) is 7.91. The van der Waals surface area contributed by atoms with Crippen LogP contribution in [0.2, 0.25) is 0 Å². The van der Waals surface area contributed by atoms with E-state index in [1.807, 2.05) is 26.0 Å². The largest absolute Gasteiger partial charge is 0.293 e. The molecule has 4 heteroatoms. The summed E-state index contributed by atoms with van der Waals surface area (Å²) in [4.78, 5) is 12.1. The van der Waals surface area contributed by atoms with E-state index in [-0.39, 0.29) is 5.78 Å². The van der Waals surface area contributed by atoms with Gasteiger partial charge < -0.3 is 0 Å². The first-order valence-electron chi connectivity index (χ1n) is 5.58. The van der Waals surface area contributed by atoms with Gasteiger partial charge in [-0.05, 0) is 25.0 Å². The van der Waals surface area contributed by atoms with Crippen LogP contribution >= 0.6 is 15.9 Å². The van der Waals surface area contributed by atoms with E-state index in [0.717, 1.165) is 4.47 Å². The molecule has 0 fully saturated rings. The Balaban J connectivity index is 2.76. The monoisotopic (exact) mass is 316 g/mol. The highest BCUT2D eigenvalue weighted by Crippen LogP contribution is 2.14. The van der Waals surface area contributed by atoms with Crippen molar-refractivity contribution in [2.45, 2.75) is 26.0 Å². The smallest absolute Gasteiger partial charge is 0.178 e. The van der Waals surface area contributed by atoms with Gasteiger partial charge in [-0.25, -0.2) is 0 Å². The number of rotatable bonds is 5. The summed E-state index contributed by atoms with van der Waals surface area (Å²) in [6.07, 6.45) is 0. The Morgan fingerprint density at radius 1 is 1.24 bits per heavy atom. The van der Waals surface area contributed by atoms with Gasteiger partial charge in [-0.15, -0.1) is 0 Å². The summed E-state index contributed by atoms with van der Waals surface area (Å²) in [5, 5.41) is -0.432. The normalized spacial score (nSPS) is 14.6. The SMILES string of the molecule is CC(C)CS(=O)C(C)C(=O)c1ccc(Br)cc1. The third kappa shape index (κ3) is 4.36. The van der Waals surface area contributed by atoms with E-state index < -0.39 is 16.0 Å². The van der Waals surface area contributed by atoms with Gasteiger partial charge in [0.2, 0.25) is 0 Å². The number of halogens is 1. The molecule has 0 aliphatic rings. The maximum absolute atomic E-state index is 12.1. The van der Waals surface area contributed by atoms with Gasteiger partial charge in [0.1, 0.15) is 0 Å². The van der Waals surface area contributed by atoms with Crippen LogP contribution in [0.3, 0.4) is 0 Å². The molecule has 94 valence electrons. The van der Waals surface area contributed by atoms with E-state index in [1.165, 1.54) is 0 Å². The van der Waals surface area contributed by atoms with Gasteiger partial charge in [-0.1, -0.05) is 41.9 Å². The number of carbonyl (C=O) groups is 1. The van der Waals surface area contributed by atoms with E-state index in [9.17, 15) is 9.00 Å². The second kappa shape index (κ2) is 6.45. The quantitative estimate of drug-likeness (QED) is 0.780. The lowest BCUT2D eigenvalue weighted by atomic mass is 10.1. The van der Waals surface area contributed by atoms with Crippen molar-refractivity contribution < 1.29 is 9.00 Å². The molecule has 1 aromatic rings. The molecule has 2 unspecified atom stereocenters. The fourth-order valence-corrected chi connectivity index (χ4v) is 3.03. The van der Waals surface area contributed by atoms with Crippen molar-refractivity contribution >= 4 is 32.5 Å². The van der Waals surface area contributed by atoms with Crippen LogP contribution in [0, 0.1) is 5.92 Å². The van der Waals surface area contributed by atoms with E-state index >= 15 is 0 Å². The maximum Gasteiger partial charge on any atom is 0.178 e. The number of hydrogen-bond acceptors (Lipinski definition) is 2. The second-order valence-electron chi connectivity index (χ2n) is 4.45. The van der Waals surface area contributed by atoms with Gasteiger partial charge in [-0.2, -0.15) is 0 Å². The number of hydrogen-bond donors (Lipinski definition) is 0. The summed E-state index contributed by atoms with van der Waals surface area (Å²) in [6.45, 7) is 5.76. The molecule has 0 aliphatic heterocycles. The molecule has 0 aliphatic carbocycles. The molecule has 1 aromatic carbocycles. The summed E-state index contributed by atoms with van der Waals surface area (Å²) in [6, 6.07) is 7.17. The van der Waals surface area contributed by atoms with E-state index in [0.29, 0.717) is 17.2 Å². The van der Waals surface area contributed by atoms with Gasteiger partial charge in [0, 0.05) is 26.6 Å². The lowest BCUT2D eigenvalue weighted by Crippen LogP contribution is -2.26. The molecule has 0 aromatic heterocycles. The zero-order valence-corrected chi connectivity index (χ0v) is 12.7. The van der Waals surface area contributed by atoms with Crippen molar-refractivity contribution in [2.24, 2.45) is 5.92 Å². The summed E-state index contributed by atoms with van der Waals surface area (Å²) in [7, 11) is -1.09. The fraction of sp³-hybridized carbons (Fsp3) is 0.462. The average molecular weight is 317 g/mol. The highest BCUT2D eigenvalue weighted by atomic mass is 79.9. The summed E-state index contributed by atoms with van der Waals surface area (Å²) in [5.41, 5.74) is 0.623. The predicted octanol–water partition coefficient (Wildman–Crippen LogP) is 3.43. The lowest BCUT2D eigenvalue weighted by molar-refractivity contribution is 0.0992. The minimum absolute atomic E-state index is 0.0449. The third-order valence-corrected chi connectivity index (χ3v) is 4.92. The van der Waals surface area contributed by atoms with Crippen molar-refractivity contribution in [3.63, 3.8) is 0 Å². The number of ketones is 1. The van der Waals surface area contributed by atoms with Crippen LogP contribution in [-0.2, 0) is 10.8 Å². The maximum atomic E-state index is 12.1.